The van der Waals surface area contributed by atoms with Gasteiger partial charge >= 0.3 is 6.03 Å². The van der Waals surface area contributed by atoms with Crippen LogP contribution in [0.3, 0.4) is 0 Å². The summed E-state index contributed by atoms with van der Waals surface area (Å²) in [6.07, 6.45) is 5.77. The van der Waals surface area contributed by atoms with Crippen LogP contribution in [0.5, 0.6) is 0 Å². The third kappa shape index (κ3) is 4.46. The van der Waals surface area contributed by atoms with E-state index in [9.17, 15) is 4.79 Å². The van der Waals surface area contributed by atoms with Crippen molar-refractivity contribution in [3.05, 3.63) is 0 Å². The molecule has 2 atom stereocenters. The largest absolute Gasteiger partial charge is 0.334 e. The zero-order valence-corrected chi connectivity index (χ0v) is 11.4. The Bertz CT molecular complexity index is 258. The van der Waals surface area contributed by atoms with Gasteiger partial charge in [-0.15, -0.1) is 0 Å². The zero-order valence-electron chi connectivity index (χ0n) is 11.4. The van der Waals surface area contributed by atoms with Crippen molar-refractivity contribution in [3.8, 4) is 0 Å². The summed E-state index contributed by atoms with van der Waals surface area (Å²) in [5, 5.41) is 9.55. The molecule has 104 valence electrons. The van der Waals surface area contributed by atoms with Crippen LogP contribution in [0.1, 0.15) is 32.1 Å². The Hall–Kier alpha value is -0.810. The number of likely N-dealkylation sites (tertiary alicyclic amines) is 1. The number of piperidine rings is 1. The molecule has 0 radical (unpaired) electrons. The molecular formula is C13H26N4O. The highest BCUT2D eigenvalue weighted by Crippen LogP contribution is 2.08. The molecule has 0 spiro atoms. The van der Waals surface area contributed by atoms with Gasteiger partial charge in [0.05, 0.1) is 0 Å². The van der Waals surface area contributed by atoms with Crippen molar-refractivity contribution in [1.29, 1.82) is 0 Å². The Morgan fingerprint density at radius 1 is 1.17 bits per heavy atom. The number of carbonyl (C=O) groups is 1. The van der Waals surface area contributed by atoms with Crippen LogP contribution in [0.15, 0.2) is 0 Å². The van der Waals surface area contributed by atoms with Gasteiger partial charge in [0.1, 0.15) is 0 Å². The van der Waals surface area contributed by atoms with Gasteiger partial charge in [-0.25, -0.2) is 4.79 Å². The van der Waals surface area contributed by atoms with Gasteiger partial charge in [0, 0.05) is 25.2 Å². The monoisotopic (exact) mass is 254 g/mol. The first-order valence-electron chi connectivity index (χ1n) is 7.20. The average Bonchev–Trinajstić information content (AvgIpc) is 2.57. The Kier molecular flexibility index (Phi) is 5.26. The Balaban J connectivity index is 1.70. The van der Waals surface area contributed by atoms with Crippen molar-refractivity contribution in [2.24, 2.45) is 0 Å². The van der Waals surface area contributed by atoms with E-state index in [4.69, 9.17) is 0 Å². The summed E-state index contributed by atoms with van der Waals surface area (Å²) in [5.74, 6) is 0. The number of carbonyl (C=O) groups excluding carboxylic acids is 1. The molecule has 0 saturated carbocycles. The van der Waals surface area contributed by atoms with E-state index in [0.29, 0.717) is 6.04 Å². The lowest BCUT2D eigenvalue weighted by Crippen LogP contribution is -2.52. The first kappa shape index (κ1) is 13.6. The molecule has 0 bridgehead atoms. The fourth-order valence-corrected chi connectivity index (χ4v) is 2.84. The van der Waals surface area contributed by atoms with Crippen LogP contribution in [0.25, 0.3) is 0 Å². The Labute approximate surface area is 110 Å². The van der Waals surface area contributed by atoms with E-state index in [1.807, 2.05) is 0 Å². The van der Waals surface area contributed by atoms with Gasteiger partial charge in [0.2, 0.25) is 0 Å². The number of hydrogen-bond acceptors (Lipinski definition) is 3. The molecule has 2 amide bonds. The maximum atomic E-state index is 11.9. The van der Waals surface area contributed by atoms with Crippen LogP contribution in [0.2, 0.25) is 0 Å². The summed E-state index contributed by atoms with van der Waals surface area (Å²) in [5.41, 5.74) is 0. The number of likely N-dealkylation sites (N-methyl/N-ethyl adjacent to an activating group) is 1. The van der Waals surface area contributed by atoms with Crippen molar-refractivity contribution in [2.45, 2.75) is 44.2 Å². The van der Waals surface area contributed by atoms with Crippen LogP contribution < -0.4 is 16.0 Å². The number of nitrogens with zero attached hydrogens (tertiary/aromatic N) is 1. The topological polar surface area (TPSA) is 56.4 Å². The molecule has 5 heteroatoms. The molecule has 2 fully saturated rings. The highest BCUT2D eigenvalue weighted by Gasteiger charge is 2.20. The van der Waals surface area contributed by atoms with Gasteiger partial charge in [-0.05, 0) is 45.8 Å². The molecule has 0 aromatic carbocycles. The molecule has 2 aliphatic rings. The predicted octanol–water partition coefficient (Wildman–Crippen LogP) is 0.522. The molecule has 18 heavy (non-hydrogen) atoms. The van der Waals surface area contributed by atoms with E-state index in [0.717, 1.165) is 39.0 Å². The van der Waals surface area contributed by atoms with Gasteiger partial charge in [0.15, 0.2) is 0 Å². The predicted molar refractivity (Wildman–Crippen MR) is 72.7 cm³/mol. The van der Waals surface area contributed by atoms with Crippen molar-refractivity contribution in [3.63, 3.8) is 0 Å². The summed E-state index contributed by atoms with van der Waals surface area (Å²) >= 11 is 0. The minimum Gasteiger partial charge on any atom is -0.334 e. The molecule has 3 N–H and O–H groups in total. The minimum atomic E-state index is 0.00370. The number of rotatable bonds is 2. The Morgan fingerprint density at radius 2 is 1.94 bits per heavy atom. The lowest BCUT2D eigenvalue weighted by molar-refractivity contribution is 0.206. The van der Waals surface area contributed by atoms with Gasteiger partial charge in [-0.2, -0.15) is 0 Å². The van der Waals surface area contributed by atoms with E-state index < -0.39 is 0 Å². The lowest BCUT2D eigenvalue weighted by atomic mass is 10.1. The molecule has 2 unspecified atom stereocenters. The fraction of sp³-hybridized carbons (Fsp3) is 0.923. The first-order chi connectivity index (χ1) is 8.74. The van der Waals surface area contributed by atoms with E-state index in [1.54, 1.807) is 0 Å². The molecule has 2 heterocycles. The first-order valence-corrected chi connectivity index (χ1v) is 7.20. The van der Waals surface area contributed by atoms with Gasteiger partial charge < -0.3 is 20.9 Å². The van der Waals surface area contributed by atoms with Gasteiger partial charge in [-0.1, -0.05) is 6.42 Å². The van der Waals surface area contributed by atoms with E-state index in [2.05, 4.69) is 27.9 Å². The van der Waals surface area contributed by atoms with Gasteiger partial charge in [-0.3, -0.25) is 0 Å². The fourth-order valence-electron chi connectivity index (χ4n) is 2.84. The standard InChI is InChI=1S/C13H26N4O/c1-17-8-4-6-12(10-17)16-13(18)15-11-5-2-3-7-14-9-11/h11-12,14H,2-10H2,1H3,(H2,15,16,18). The second kappa shape index (κ2) is 6.95. The molecule has 0 aromatic heterocycles. The van der Waals surface area contributed by atoms with Crippen LogP contribution in [-0.4, -0.2) is 56.2 Å². The molecule has 0 aromatic rings. The van der Waals surface area contributed by atoms with Crippen LogP contribution in [0, 0.1) is 0 Å². The summed E-state index contributed by atoms with van der Waals surface area (Å²) < 4.78 is 0. The summed E-state index contributed by atoms with van der Waals surface area (Å²) in [7, 11) is 2.11. The van der Waals surface area contributed by atoms with Crippen molar-refractivity contribution in [2.75, 3.05) is 33.2 Å². The molecule has 0 aliphatic carbocycles. The average molecular weight is 254 g/mol. The minimum absolute atomic E-state index is 0.00370. The number of urea groups is 1. The van der Waals surface area contributed by atoms with E-state index >= 15 is 0 Å². The van der Waals surface area contributed by atoms with Crippen LogP contribution >= 0.6 is 0 Å². The Morgan fingerprint density at radius 3 is 2.78 bits per heavy atom. The maximum Gasteiger partial charge on any atom is 0.315 e. The molecule has 2 saturated heterocycles. The van der Waals surface area contributed by atoms with Crippen LogP contribution in [-0.2, 0) is 0 Å². The SMILES string of the molecule is CN1CCCC(NC(=O)NC2CCCCNC2)C1. The summed E-state index contributed by atoms with van der Waals surface area (Å²) in [6.45, 7) is 4.09. The summed E-state index contributed by atoms with van der Waals surface area (Å²) in [4.78, 5) is 14.2. The van der Waals surface area contributed by atoms with Gasteiger partial charge in [0.25, 0.3) is 0 Å². The van der Waals surface area contributed by atoms with E-state index in [1.165, 1.54) is 19.3 Å². The van der Waals surface area contributed by atoms with Crippen molar-refractivity contribution >= 4 is 6.03 Å². The third-order valence-electron chi connectivity index (χ3n) is 3.84. The maximum absolute atomic E-state index is 11.9. The molecule has 2 rings (SSSR count). The molecule has 2 aliphatic heterocycles. The second-order valence-electron chi connectivity index (χ2n) is 5.62. The lowest BCUT2D eigenvalue weighted by Gasteiger charge is -2.30. The number of nitrogens with one attached hydrogen (secondary N) is 3. The quantitative estimate of drug-likeness (QED) is 0.673. The second-order valence-corrected chi connectivity index (χ2v) is 5.62. The normalized spacial score (nSPS) is 30.5. The van der Waals surface area contributed by atoms with Crippen molar-refractivity contribution in [1.82, 2.24) is 20.9 Å². The third-order valence-corrected chi connectivity index (χ3v) is 3.84. The highest BCUT2D eigenvalue weighted by atomic mass is 16.2. The molecule has 5 nitrogen and oxygen atoms in total. The highest BCUT2D eigenvalue weighted by molar-refractivity contribution is 5.74. The zero-order chi connectivity index (χ0) is 12.8. The molecular weight excluding hydrogens is 228 g/mol. The number of amides is 2. The summed E-state index contributed by atoms with van der Waals surface area (Å²) in [6, 6.07) is 0.598. The number of hydrogen-bond donors (Lipinski definition) is 3. The smallest absolute Gasteiger partial charge is 0.315 e. The van der Waals surface area contributed by atoms with Crippen LogP contribution in [0.4, 0.5) is 4.79 Å². The van der Waals surface area contributed by atoms with E-state index in [-0.39, 0.29) is 12.1 Å². The van der Waals surface area contributed by atoms with Crippen molar-refractivity contribution < 1.29 is 4.79 Å².